The molecule has 1 aliphatic rings. The standard InChI is InChI=1S/C18H19FN4O6.ClH/c1-3-29-17(24)15-12-9-21(18(25)26)7-10(2)16(12)22(20-15)8-11-4-5-13(19)14(6-11)23(27)28;/h4-6,10H,3,7-9H2,1-2H3,(H,25,26);1H. The van der Waals surface area contributed by atoms with Crippen molar-refractivity contribution in [2.45, 2.75) is 32.9 Å². The first-order valence-electron chi connectivity index (χ1n) is 8.90. The Morgan fingerprint density at radius 2 is 2.13 bits per heavy atom. The van der Waals surface area contributed by atoms with E-state index in [-0.39, 0.29) is 50.3 Å². The zero-order valence-corrected chi connectivity index (χ0v) is 17.0. The Kier molecular flexibility index (Phi) is 6.98. The fourth-order valence-electron chi connectivity index (χ4n) is 3.49. The van der Waals surface area contributed by atoms with Crippen LogP contribution in [0.2, 0.25) is 0 Å². The van der Waals surface area contributed by atoms with E-state index in [9.17, 15) is 29.2 Å². The molecule has 0 radical (unpaired) electrons. The van der Waals surface area contributed by atoms with Crippen molar-refractivity contribution in [2.75, 3.05) is 13.2 Å². The monoisotopic (exact) mass is 442 g/mol. The van der Waals surface area contributed by atoms with Crippen LogP contribution in [0.15, 0.2) is 18.2 Å². The molecule has 1 aromatic heterocycles. The first-order valence-corrected chi connectivity index (χ1v) is 8.90. The predicted molar refractivity (Wildman–Crippen MR) is 104 cm³/mol. The number of ether oxygens (including phenoxy) is 1. The van der Waals surface area contributed by atoms with Crippen molar-refractivity contribution in [3.63, 3.8) is 0 Å². The summed E-state index contributed by atoms with van der Waals surface area (Å²) in [7, 11) is 0. The number of carbonyl (C=O) groups is 2. The molecule has 1 amide bonds. The molecule has 0 saturated heterocycles. The van der Waals surface area contributed by atoms with E-state index in [0.717, 1.165) is 12.1 Å². The van der Waals surface area contributed by atoms with Gasteiger partial charge in [0.05, 0.1) is 24.6 Å². The highest BCUT2D eigenvalue weighted by Gasteiger charge is 2.34. The number of nitrogens with zero attached hydrogens (tertiary/aromatic N) is 4. The normalized spacial score (nSPS) is 15.2. The summed E-state index contributed by atoms with van der Waals surface area (Å²) in [5.74, 6) is -1.90. The van der Waals surface area contributed by atoms with Crippen LogP contribution in [0.5, 0.6) is 0 Å². The number of halogens is 2. The third-order valence-electron chi connectivity index (χ3n) is 4.68. The smallest absolute Gasteiger partial charge is 0.407 e. The molecule has 1 aliphatic heterocycles. The van der Waals surface area contributed by atoms with Crippen LogP contribution in [0.1, 0.15) is 47.1 Å². The summed E-state index contributed by atoms with van der Waals surface area (Å²) in [6.45, 7) is 3.81. The van der Waals surface area contributed by atoms with Crippen molar-refractivity contribution in [2.24, 2.45) is 0 Å². The molecule has 1 aromatic carbocycles. The number of amides is 1. The van der Waals surface area contributed by atoms with E-state index in [0.29, 0.717) is 16.8 Å². The SMILES string of the molecule is CCOC(=O)c1nn(Cc2ccc(F)c([N+](=O)[O-])c2)c2c1CN(C(=O)O)CC2C.Cl. The minimum Gasteiger partial charge on any atom is -0.465 e. The van der Waals surface area contributed by atoms with Crippen molar-refractivity contribution in [1.29, 1.82) is 0 Å². The van der Waals surface area contributed by atoms with E-state index < -0.39 is 28.5 Å². The van der Waals surface area contributed by atoms with Gasteiger partial charge in [0.1, 0.15) is 0 Å². The van der Waals surface area contributed by atoms with Gasteiger partial charge in [0, 0.05) is 29.8 Å². The lowest BCUT2D eigenvalue weighted by Crippen LogP contribution is -2.37. The largest absolute Gasteiger partial charge is 0.465 e. The van der Waals surface area contributed by atoms with Crippen LogP contribution in [0.3, 0.4) is 0 Å². The fourth-order valence-corrected chi connectivity index (χ4v) is 3.49. The van der Waals surface area contributed by atoms with E-state index >= 15 is 0 Å². The minimum absolute atomic E-state index is 0. The van der Waals surface area contributed by atoms with Gasteiger partial charge in [-0.25, -0.2) is 9.59 Å². The van der Waals surface area contributed by atoms with Crippen LogP contribution in [0, 0.1) is 15.9 Å². The van der Waals surface area contributed by atoms with Crippen molar-refractivity contribution in [3.8, 4) is 0 Å². The lowest BCUT2D eigenvalue weighted by Gasteiger charge is -2.29. The molecule has 0 spiro atoms. The molecule has 2 heterocycles. The summed E-state index contributed by atoms with van der Waals surface area (Å²) < 4.78 is 20.2. The highest BCUT2D eigenvalue weighted by Crippen LogP contribution is 2.32. The number of nitro groups is 1. The van der Waals surface area contributed by atoms with Gasteiger partial charge in [-0.1, -0.05) is 13.0 Å². The molecule has 3 rings (SSSR count). The number of nitro benzene ring substituents is 1. The lowest BCUT2D eigenvalue weighted by molar-refractivity contribution is -0.387. The molecule has 1 atom stereocenters. The second-order valence-electron chi connectivity index (χ2n) is 6.70. The summed E-state index contributed by atoms with van der Waals surface area (Å²) in [6.07, 6.45) is -1.11. The number of rotatable bonds is 5. The number of carboxylic acid groups (broad SMARTS) is 1. The summed E-state index contributed by atoms with van der Waals surface area (Å²) in [5.41, 5.74) is 0.876. The molecule has 10 nitrogen and oxygen atoms in total. The molecule has 0 aliphatic carbocycles. The van der Waals surface area contributed by atoms with Gasteiger partial charge in [0.25, 0.3) is 0 Å². The second kappa shape index (κ2) is 9.08. The molecule has 12 heteroatoms. The Balaban J connectivity index is 0.00000320. The van der Waals surface area contributed by atoms with E-state index in [2.05, 4.69) is 5.10 Å². The number of fused-ring (bicyclic) bond motifs is 1. The summed E-state index contributed by atoms with van der Waals surface area (Å²) in [5, 5.41) is 24.7. The minimum atomic E-state index is -1.11. The molecule has 0 fully saturated rings. The van der Waals surface area contributed by atoms with E-state index in [1.165, 1.54) is 15.6 Å². The quantitative estimate of drug-likeness (QED) is 0.427. The van der Waals surface area contributed by atoms with Gasteiger partial charge in [0.15, 0.2) is 5.69 Å². The first kappa shape index (κ1) is 23.1. The summed E-state index contributed by atoms with van der Waals surface area (Å²) >= 11 is 0. The third kappa shape index (κ3) is 4.35. The van der Waals surface area contributed by atoms with Crippen molar-refractivity contribution < 1.29 is 28.7 Å². The topological polar surface area (TPSA) is 128 Å². The van der Waals surface area contributed by atoms with E-state index in [1.54, 1.807) is 13.8 Å². The van der Waals surface area contributed by atoms with Crippen LogP contribution in [0.25, 0.3) is 0 Å². The molecular weight excluding hydrogens is 423 g/mol. The first-order chi connectivity index (χ1) is 13.7. The molecule has 1 unspecified atom stereocenters. The van der Waals surface area contributed by atoms with Crippen LogP contribution >= 0.6 is 12.4 Å². The average Bonchev–Trinajstić information content (AvgIpc) is 3.02. The maximum atomic E-state index is 13.6. The average molecular weight is 443 g/mol. The van der Waals surface area contributed by atoms with Gasteiger partial charge < -0.3 is 14.7 Å². The highest BCUT2D eigenvalue weighted by molar-refractivity contribution is 5.89. The van der Waals surface area contributed by atoms with Gasteiger partial charge in [-0.3, -0.25) is 14.8 Å². The molecule has 0 saturated carbocycles. The van der Waals surface area contributed by atoms with Crippen molar-refractivity contribution in [3.05, 3.63) is 56.6 Å². The number of carbonyl (C=O) groups excluding carboxylic acids is 1. The fraction of sp³-hybridized carbons (Fsp3) is 0.389. The van der Waals surface area contributed by atoms with Gasteiger partial charge in [-0.05, 0) is 18.6 Å². The maximum Gasteiger partial charge on any atom is 0.407 e. The number of hydrogen-bond acceptors (Lipinski definition) is 6. The summed E-state index contributed by atoms with van der Waals surface area (Å²) in [6, 6.07) is 3.52. The Hall–Kier alpha value is -3.21. The summed E-state index contributed by atoms with van der Waals surface area (Å²) in [4.78, 5) is 35.2. The molecule has 0 bridgehead atoms. The Morgan fingerprint density at radius 1 is 1.43 bits per heavy atom. The molecule has 162 valence electrons. The van der Waals surface area contributed by atoms with Crippen LogP contribution in [-0.4, -0.2) is 49.9 Å². The van der Waals surface area contributed by atoms with E-state index in [1.807, 2.05) is 0 Å². The number of hydrogen-bond donors (Lipinski definition) is 1. The number of aromatic nitrogens is 2. The van der Waals surface area contributed by atoms with Crippen molar-refractivity contribution >= 4 is 30.2 Å². The zero-order chi connectivity index (χ0) is 21.3. The molecular formula is C18H20ClFN4O6. The predicted octanol–water partition coefficient (Wildman–Crippen LogP) is 3.17. The zero-order valence-electron chi connectivity index (χ0n) is 16.2. The second-order valence-corrected chi connectivity index (χ2v) is 6.70. The highest BCUT2D eigenvalue weighted by atomic mass is 35.5. The maximum absolute atomic E-state index is 13.6. The van der Waals surface area contributed by atoms with Gasteiger partial charge in [-0.15, -0.1) is 12.4 Å². The third-order valence-corrected chi connectivity index (χ3v) is 4.68. The van der Waals surface area contributed by atoms with Crippen LogP contribution in [0.4, 0.5) is 14.9 Å². The number of benzene rings is 1. The van der Waals surface area contributed by atoms with Crippen LogP contribution < -0.4 is 0 Å². The Bertz CT molecular complexity index is 995. The van der Waals surface area contributed by atoms with E-state index in [4.69, 9.17) is 4.74 Å². The van der Waals surface area contributed by atoms with Crippen molar-refractivity contribution in [1.82, 2.24) is 14.7 Å². The molecule has 2 aromatic rings. The van der Waals surface area contributed by atoms with Gasteiger partial charge >= 0.3 is 17.7 Å². The number of esters is 1. The Labute approximate surface area is 176 Å². The molecule has 1 N–H and O–H groups in total. The van der Waals surface area contributed by atoms with Gasteiger partial charge in [0.2, 0.25) is 5.82 Å². The molecule has 30 heavy (non-hydrogen) atoms. The lowest BCUT2D eigenvalue weighted by atomic mass is 9.96. The van der Waals surface area contributed by atoms with Gasteiger partial charge in [-0.2, -0.15) is 9.49 Å². The van der Waals surface area contributed by atoms with Crippen LogP contribution in [-0.2, 0) is 17.8 Å². The Morgan fingerprint density at radius 3 is 2.73 bits per heavy atom.